The number of fused-ring (bicyclic) bond motifs is 1. The van der Waals surface area contributed by atoms with E-state index in [1.165, 1.54) is 29.1 Å². The molecule has 9 heteroatoms. The van der Waals surface area contributed by atoms with Gasteiger partial charge in [-0.1, -0.05) is 36.7 Å². The molecule has 0 atom stereocenters. The molecular weight excluding hydrogens is 452 g/mol. The largest absolute Gasteiger partial charge is 0.493 e. The van der Waals surface area contributed by atoms with Gasteiger partial charge in [-0.05, 0) is 31.2 Å². The van der Waals surface area contributed by atoms with Gasteiger partial charge < -0.3 is 4.74 Å². The van der Waals surface area contributed by atoms with Crippen LogP contribution in [0.2, 0.25) is 0 Å². The molecule has 0 aliphatic heterocycles. The predicted molar refractivity (Wildman–Crippen MR) is 120 cm³/mol. The third kappa shape index (κ3) is 4.40. The van der Waals surface area contributed by atoms with Crippen molar-refractivity contribution < 1.29 is 9.66 Å². The van der Waals surface area contributed by atoms with Crippen molar-refractivity contribution in [1.82, 2.24) is 9.66 Å². The summed E-state index contributed by atoms with van der Waals surface area (Å²) in [6.45, 7) is 8.01. The van der Waals surface area contributed by atoms with E-state index in [0.717, 1.165) is 4.47 Å². The van der Waals surface area contributed by atoms with E-state index in [4.69, 9.17) is 4.74 Å². The summed E-state index contributed by atoms with van der Waals surface area (Å²) in [6.07, 6.45) is 1.39. The zero-order chi connectivity index (χ0) is 22.1. The first-order chi connectivity index (χ1) is 14.1. The van der Waals surface area contributed by atoms with E-state index in [1.54, 1.807) is 12.1 Å². The van der Waals surface area contributed by atoms with Gasteiger partial charge >= 0.3 is 0 Å². The summed E-state index contributed by atoms with van der Waals surface area (Å²) in [4.78, 5) is 28.5. The fourth-order valence-electron chi connectivity index (χ4n) is 2.90. The fraction of sp³-hybridized carbons (Fsp3) is 0.286. The number of ether oxygens (including phenoxy) is 1. The molecule has 0 N–H and O–H groups in total. The number of benzene rings is 2. The maximum atomic E-state index is 13.2. The lowest BCUT2D eigenvalue weighted by atomic mass is 9.95. The topological polar surface area (TPSA) is 99.6 Å². The second kappa shape index (κ2) is 8.35. The summed E-state index contributed by atoms with van der Waals surface area (Å²) >= 11 is 3.38. The minimum Gasteiger partial charge on any atom is -0.493 e. The normalized spacial score (nSPS) is 11.9. The Morgan fingerprint density at radius 2 is 2.00 bits per heavy atom. The first kappa shape index (κ1) is 21.6. The van der Waals surface area contributed by atoms with Crippen LogP contribution in [0, 0.1) is 10.1 Å². The number of rotatable bonds is 5. The van der Waals surface area contributed by atoms with E-state index in [2.05, 4.69) is 26.0 Å². The highest BCUT2D eigenvalue weighted by Gasteiger charge is 2.23. The standard InChI is InChI=1S/C21H21BrN4O4/c1-5-30-18-9-7-15(26(28)29)10-13(18)12-23-25-19(27)16-11-14(22)6-8-17(16)24-20(25)21(2,3)4/h6-12H,5H2,1-4H3. The van der Waals surface area contributed by atoms with Crippen molar-refractivity contribution >= 4 is 38.7 Å². The van der Waals surface area contributed by atoms with Crippen LogP contribution in [0.5, 0.6) is 5.75 Å². The zero-order valence-corrected chi connectivity index (χ0v) is 18.6. The molecule has 156 valence electrons. The predicted octanol–water partition coefficient (Wildman–Crippen LogP) is 4.65. The van der Waals surface area contributed by atoms with Gasteiger partial charge in [0.25, 0.3) is 11.2 Å². The van der Waals surface area contributed by atoms with Crippen LogP contribution in [0.1, 0.15) is 39.1 Å². The van der Waals surface area contributed by atoms with Gasteiger partial charge in [-0.15, -0.1) is 0 Å². The van der Waals surface area contributed by atoms with E-state index in [9.17, 15) is 14.9 Å². The van der Waals surface area contributed by atoms with Gasteiger partial charge in [-0.25, -0.2) is 4.98 Å². The van der Waals surface area contributed by atoms with Gasteiger partial charge in [0.15, 0.2) is 0 Å². The second-order valence-electron chi connectivity index (χ2n) is 7.62. The summed E-state index contributed by atoms with van der Waals surface area (Å²) in [7, 11) is 0. The molecule has 0 amide bonds. The number of hydrogen-bond acceptors (Lipinski definition) is 6. The van der Waals surface area contributed by atoms with Crippen LogP contribution in [0.4, 0.5) is 5.69 Å². The van der Waals surface area contributed by atoms with E-state index in [1.807, 2.05) is 33.8 Å². The molecule has 0 unspecified atom stereocenters. The Balaban J connectivity index is 2.23. The smallest absolute Gasteiger partial charge is 0.282 e. The maximum Gasteiger partial charge on any atom is 0.282 e. The molecule has 0 fully saturated rings. The van der Waals surface area contributed by atoms with Gasteiger partial charge in [-0.2, -0.15) is 9.78 Å². The molecule has 1 aromatic heterocycles. The number of nitrogens with zero attached hydrogens (tertiary/aromatic N) is 4. The van der Waals surface area contributed by atoms with Crippen LogP contribution < -0.4 is 10.3 Å². The van der Waals surface area contributed by atoms with Gasteiger partial charge in [0, 0.05) is 27.6 Å². The Kier molecular flexibility index (Phi) is 6.02. The summed E-state index contributed by atoms with van der Waals surface area (Å²) in [5.74, 6) is 0.913. The molecule has 0 aliphatic carbocycles. The minimum atomic E-state index is -0.491. The van der Waals surface area contributed by atoms with Gasteiger partial charge in [0.2, 0.25) is 0 Å². The first-order valence-corrected chi connectivity index (χ1v) is 10.1. The third-order valence-electron chi connectivity index (χ3n) is 4.30. The van der Waals surface area contributed by atoms with E-state index >= 15 is 0 Å². The number of hydrogen-bond donors (Lipinski definition) is 0. The van der Waals surface area contributed by atoms with Gasteiger partial charge in [0.1, 0.15) is 11.6 Å². The molecule has 0 spiro atoms. The average molecular weight is 473 g/mol. The Bertz CT molecular complexity index is 1210. The number of non-ortho nitro benzene ring substituents is 1. The zero-order valence-electron chi connectivity index (χ0n) is 17.0. The number of aromatic nitrogens is 2. The van der Waals surface area contributed by atoms with Crippen molar-refractivity contribution in [3.05, 3.63) is 72.7 Å². The lowest BCUT2D eigenvalue weighted by Crippen LogP contribution is -2.29. The number of nitro groups is 1. The highest BCUT2D eigenvalue weighted by Crippen LogP contribution is 2.25. The molecule has 3 aromatic rings. The molecule has 0 aliphatic rings. The van der Waals surface area contributed by atoms with Crippen LogP contribution >= 0.6 is 15.9 Å². The molecule has 1 heterocycles. The lowest BCUT2D eigenvalue weighted by molar-refractivity contribution is -0.384. The molecular formula is C21H21BrN4O4. The van der Waals surface area contributed by atoms with Gasteiger partial charge in [-0.3, -0.25) is 14.9 Å². The average Bonchev–Trinajstić information content (AvgIpc) is 2.67. The molecule has 8 nitrogen and oxygen atoms in total. The van der Waals surface area contributed by atoms with Crippen molar-refractivity contribution in [2.75, 3.05) is 6.61 Å². The second-order valence-corrected chi connectivity index (χ2v) is 8.54. The summed E-state index contributed by atoms with van der Waals surface area (Å²) in [6, 6.07) is 9.55. The van der Waals surface area contributed by atoms with Crippen LogP contribution in [0.15, 0.2) is 50.8 Å². The lowest BCUT2D eigenvalue weighted by Gasteiger charge is -2.21. The molecule has 0 radical (unpaired) electrons. The summed E-state index contributed by atoms with van der Waals surface area (Å²) in [5, 5.41) is 15.9. The van der Waals surface area contributed by atoms with E-state index in [0.29, 0.717) is 34.6 Å². The highest BCUT2D eigenvalue weighted by atomic mass is 79.9. The van der Waals surface area contributed by atoms with E-state index in [-0.39, 0.29) is 11.2 Å². The molecule has 0 saturated heterocycles. The molecule has 0 saturated carbocycles. The maximum absolute atomic E-state index is 13.2. The summed E-state index contributed by atoms with van der Waals surface area (Å²) < 4.78 is 7.55. The highest BCUT2D eigenvalue weighted by molar-refractivity contribution is 9.10. The van der Waals surface area contributed by atoms with Gasteiger partial charge in [0.05, 0.1) is 28.6 Å². The number of nitro benzene ring substituents is 1. The summed E-state index contributed by atoms with van der Waals surface area (Å²) in [5.41, 5.74) is 0.0789. The van der Waals surface area contributed by atoms with Crippen molar-refractivity contribution in [2.24, 2.45) is 5.10 Å². The van der Waals surface area contributed by atoms with Crippen LogP contribution in [-0.2, 0) is 5.41 Å². The molecule has 0 bridgehead atoms. The van der Waals surface area contributed by atoms with Crippen molar-refractivity contribution in [1.29, 1.82) is 0 Å². The monoisotopic (exact) mass is 472 g/mol. The Hall–Kier alpha value is -3.07. The van der Waals surface area contributed by atoms with Crippen molar-refractivity contribution in [2.45, 2.75) is 33.1 Å². The Morgan fingerprint density at radius 1 is 1.27 bits per heavy atom. The number of halogens is 1. The molecule has 2 aromatic carbocycles. The fourth-order valence-corrected chi connectivity index (χ4v) is 3.26. The van der Waals surface area contributed by atoms with E-state index < -0.39 is 10.3 Å². The first-order valence-electron chi connectivity index (χ1n) is 9.30. The Labute approximate surface area is 181 Å². The van der Waals surface area contributed by atoms with Crippen molar-refractivity contribution in [3.8, 4) is 5.75 Å². The minimum absolute atomic E-state index is 0.0936. The van der Waals surface area contributed by atoms with Crippen molar-refractivity contribution in [3.63, 3.8) is 0 Å². The van der Waals surface area contributed by atoms with Crippen LogP contribution in [0.3, 0.4) is 0 Å². The third-order valence-corrected chi connectivity index (χ3v) is 4.79. The Morgan fingerprint density at radius 3 is 2.63 bits per heavy atom. The molecule has 30 heavy (non-hydrogen) atoms. The SMILES string of the molecule is CCOc1ccc([N+](=O)[O-])cc1C=Nn1c(C(C)(C)C)nc2ccc(Br)cc2c1=O. The van der Waals surface area contributed by atoms with Crippen LogP contribution in [0.25, 0.3) is 10.9 Å². The quantitative estimate of drug-likeness (QED) is 0.305. The van der Waals surface area contributed by atoms with Crippen LogP contribution in [-0.4, -0.2) is 27.4 Å². The molecule has 3 rings (SSSR count).